The number of nitro groups is 1. The zero-order chi connectivity index (χ0) is 21.1. The molecule has 0 bridgehead atoms. The lowest BCUT2D eigenvalue weighted by molar-refractivity contribution is -0.384. The standard InChI is InChI=1S/C21H29NO6/c1-5-15(2)8-13-20(16(3)7-6-14-27-17(4)23)28-21(24)18-9-11-19(12-10-18)22(25)26/h5,9-12,15-16,20H,1,6-8,13-14H2,2-4H3/t15-,16-,20+/m1/s1. The Morgan fingerprint density at radius 3 is 2.36 bits per heavy atom. The zero-order valence-corrected chi connectivity index (χ0v) is 16.8. The summed E-state index contributed by atoms with van der Waals surface area (Å²) in [6, 6.07) is 5.37. The molecule has 3 atom stereocenters. The molecule has 1 aromatic rings. The fourth-order valence-electron chi connectivity index (χ4n) is 2.74. The molecule has 0 saturated heterocycles. The topological polar surface area (TPSA) is 95.7 Å². The Balaban J connectivity index is 2.73. The number of allylic oxidation sites excluding steroid dienone is 1. The quantitative estimate of drug-likeness (QED) is 0.168. The second kappa shape index (κ2) is 11.9. The van der Waals surface area contributed by atoms with E-state index in [1.165, 1.54) is 31.2 Å². The van der Waals surface area contributed by atoms with Crippen molar-refractivity contribution in [1.29, 1.82) is 0 Å². The van der Waals surface area contributed by atoms with E-state index in [0.29, 0.717) is 25.4 Å². The number of hydrogen-bond donors (Lipinski definition) is 0. The number of nitro benzene ring substituents is 1. The summed E-state index contributed by atoms with van der Waals surface area (Å²) in [4.78, 5) is 33.6. The Morgan fingerprint density at radius 2 is 1.82 bits per heavy atom. The molecule has 0 aliphatic heterocycles. The number of carbonyl (C=O) groups excluding carboxylic acids is 2. The maximum atomic E-state index is 12.5. The number of esters is 2. The number of rotatable bonds is 12. The van der Waals surface area contributed by atoms with Gasteiger partial charge >= 0.3 is 11.9 Å². The van der Waals surface area contributed by atoms with Gasteiger partial charge in [0.2, 0.25) is 0 Å². The predicted octanol–water partition coefficient (Wildman–Crippen LogP) is 4.70. The molecule has 0 spiro atoms. The van der Waals surface area contributed by atoms with E-state index >= 15 is 0 Å². The molecule has 0 radical (unpaired) electrons. The molecular formula is C21H29NO6. The molecule has 7 nitrogen and oxygen atoms in total. The molecule has 0 fully saturated rings. The highest BCUT2D eigenvalue weighted by atomic mass is 16.6. The zero-order valence-electron chi connectivity index (χ0n) is 16.8. The Bertz CT molecular complexity index is 670. The van der Waals surface area contributed by atoms with Crippen LogP contribution in [0.5, 0.6) is 0 Å². The van der Waals surface area contributed by atoms with Gasteiger partial charge in [-0.25, -0.2) is 4.79 Å². The average molecular weight is 391 g/mol. The Kier molecular flexibility index (Phi) is 9.92. The van der Waals surface area contributed by atoms with Gasteiger partial charge < -0.3 is 9.47 Å². The fraction of sp³-hybridized carbons (Fsp3) is 0.524. The minimum absolute atomic E-state index is 0.0771. The summed E-state index contributed by atoms with van der Waals surface area (Å²) >= 11 is 0. The molecule has 0 saturated carbocycles. The first-order chi connectivity index (χ1) is 13.2. The van der Waals surface area contributed by atoms with Crippen LogP contribution in [0.25, 0.3) is 0 Å². The number of nitrogens with zero attached hydrogens (tertiary/aromatic N) is 1. The number of hydrogen-bond acceptors (Lipinski definition) is 6. The molecule has 28 heavy (non-hydrogen) atoms. The first-order valence-electron chi connectivity index (χ1n) is 9.46. The highest BCUT2D eigenvalue weighted by Crippen LogP contribution is 2.23. The SMILES string of the molecule is C=C[C@@H](C)CC[C@H](OC(=O)c1ccc([N+](=O)[O-])cc1)[C@H](C)CCCOC(C)=O. The summed E-state index contributed by atoms with van der Waals surface area (Å²) in [5.74, 6) is -0.435. The van der Waals surface area contributed by atoms with Crippen molar-refractivity contribution in [2.45, 2.75) is 52.6 Å². The average Bonchev–Trinajstić information content (AvgIpc) is 2.67. The molecule has 0 heterocycles. The molecule has 0 unspecified atom stereocenters. The number of non-ortho nitro benzene ring substituents is 1. The van der Waals surface area contributed by atoms with Gasteiger partial charge in [0.05, 0.1) is 17.1 Å². The molecule has 0 aliphatic rings. The third kappa shape index (κ3) is 8.33. The lowest BCUT2D eigenvalue weighted by atomic mass is 9.92. The van der Waals surface area contributed by atoms with Crippen molar-refractivity contribution in [1.82, 2.24) is 0 Å². The van der Waals surface area contributed by atoms with Crippen molar-refractivity contribution in [3.05, 3.63) is 52.6 Å². The first kappa shape index (κ1) is 23.3. The van der Waals surface area contributed by atoms with Crippen LogP contribution in [0.4, 0.5) is 5.69 Å². The lowest BCUT2D eigenvalue weighted by Gasteiger charge is -2.25. The minimum atomic E-state index is -0.514. The summed E-state index contributed by atoms with van der Waals surface area (Å²) < 4.78 is 10.7. The van der Waals surface area contributed by atoms with Gasteiger partial charge in [0.25, 0.3) is 5.69 Å². The molecule has 1 aromatic carbocycles. The lowest BCUT2D eigenvalue weighted by Crippen LogP contribution is -2.26. The van der Waals surface area contributed by atoms with E-state index in [1.807, 2.05) is 19.9 Å². The monoisotopic (exact) mass is 391 g/mol. The van der Waals surface area contributed by atoms with Crippen molar-refractivity contribution in [3.8, 4) is 0 Å². The van der Waals surface area contributed by atoms with Crippen LogP contribution in [0.2, 0.25) is 0 Å². The molecule has 0 aliphatic carbocycles. The number of ether oxygens (including phenoxy) is 2. The van der Waals surface area contributed by atoms with Crippen LogP contribution in [0.1, 0.15) is 56.8 Å². The van der Waals surface area contributed by atoms with Crippen molar-refractivity contribution in [2.24, 2.45) is 11.8 Å². The summed E-state index contributed by atoms with van der Waals surface area (Å²) in [5.41, 5.74) is 0.200. The van der Waals surface area contributed by atoms with Gasteiger partial charge in [-0.3, -0.25) is 14.9 Å². The van der Waals surface area contributed by atoms with Crippen molar-refractivity contribution < 1.29 is 24.0 Å². The van der Waals surface area contributed by atoms with Crippen LogP contribution < -0.4 is 0 Å². The van der Waals surface area contributed by atoms with Crippen LogP contribution >= 0.6 is 0 Å². The van der Waals surface area contributed by atoms with Crippen LogP contribution in [0, 0.1) is 22.0 Å². The maximum absolute atomic E-state index is 12.5. The van der Waals surface area contributed by atoms with E-state index in [4.69, 9.17) is 9.47 Å². The molecule has 0 aromatic heterocycles. The first-order valence-corrected chi connectivity index (χ1v) is 9.46. The summed E-state index contributed by atoms with van der Waals surface area (Å²) in [6.07, 6.45) is 4.50. The minimum Gasteiger partial charge on any atom is -0.466 e. The third-order valence-electron chi connectivity index (χ3n) is 4.62. The molecule has 154 valence electrons. The highest BCUT2D eigenvalue weighted by Gasteiger charge is 2.23. The molecule has 0 N–H and O–H groups in total. The van der Waals surface area contributed by atoms with Crippen LogP contribution in [-0.2, 0) is 14.3 Å². The molecule has 0 amide bonds. The molecule has 7 heteroatoms. The molecular weight excluding hydrogens is 362 g/mol. The summed E-state index contributed by atoms with van der Waals surface area (Å²) in [7, 11) is 0. The van der Waals surface area contributed by atoms with Crippen molar-refractivity contribution in [2.75, 3.05) is 6.61 Å². The van der Waals surface area contributed by atoms with Gasteiger partial charge in [0, 0.05) is 19.1 Å². The van der Waals surface area contributed by atoms with Gasteiger partial charge in [-0.05, 0) is 49.7 Å². The summed E-state index contributed by atoms with van der Waals surface area (Å²) in [5, 5.41) is 10.7. The van der Waals surface area contributed by atoms with E-state index in [0.717, 1.165) is 12.8 Å². The van der Waals surface area contributed by atoms with E-state index in [2.05, 4.69) is 6.58 Å². The molecule has 1 rings (SSSR count). The highest BCUT2D eigenvalue weighted by molar-refractivity contribution is 5.89. The third-order valence-corrected chi connectivity index (χ3v) is 4.62. The van der Waals surface area contributed by atoms with E-state index in [9.17, 15) is 19.7 Å². The number of carbonyl (C=O) groups is 2. The van der Waals surface area contributed by atoms with Crippen LogP contribution in [0.3, 0.4) is 0 Å². The largest absolute Gasteiger partial charge is 0.466 e. The summed E-state index contributed by atoms with van der Waals surface area (Å²) in [6.45, 7) is 9.54. The maximum Gasteiger partial charge on any atom is 0.338 e. The van der Waals surface area contributed by atoms with Crippen LogP contribution in [-0.4, -0.2) is 29.6 Å². The van der Waals surface area contributed by atoms with E-state index in [1.54, 1.807) is 0 Å². The van der Waals surface area contributed by atoms with E-state index in [-0.39, 0.29) is 29.2 Å². The Morgan fingerprint density at radius 1 is 1.18 bits per heavy atom. The smallest absolute Gasteiger partial charge is 0.338 e. The predicted molar refractivity (Wildman–Crippen MR) is 106 cm³/mol. The van der Waals surface area contributed by atoms with Crippen molar-refractivity contribution in [3.63, 3.8) is 0 Å². The normalized spacial score (nSPS) is 13.8. The number of benzene rings is 1. The van der Waals surface area contributed by atoms with Gasteiger partial charge in [-0.15, -0.1) is 6.58 Å². The van der Waals surface area contributed by atoms with Gasteiger partial charge in [0.15, 0.2) is 0 Å². The van der Waals surface area contributed by atoms with Gasteiger partial charge in [0.1, 0.15) is 6.10 Å². The van der Waals surface area contributed by atoms with Crippen molar-refractivity contribution >= 4 is 17.6 Å². The fourth-order valence-corrected chi connectivity index (χ4v) is 2.74. The van der Waals surface area contributed by atoms with Gasteiger partial charge in [-0.1, -0.05) is 19.9 Å². The second-order valence-electron chi connectivity index (χ2n) is 7.00. The second-order valence-corrected chi connectivity index (χ2v) is 7.00. The Labute approximate surface area is 165 Å². The van der Waals surface area contributed by atoms with E-state index < -0.39 is 10.9 Å². The van der Waals surface area contributed by atoms with Gasteiger partial charge in [-0.2, -0.15) is 0 Å². The van der Waals surface area contributed by atoms with Crippen LogP contribution in [0.15, 0.2) is 36.9 Å². The Hall–Kier alpha value is -2.70.